The molecule has 4 nitrogen and oxygen atoms in total. The first-order valence-corrected chi connectivity index (χ1v) is 5.22. The number of amides is 1. The Morgan fingerprint density at radius 1 is 1.60 bits per heavy atom. The molecule has 0 saturated heterocycles. The van der Waals surface area contributed by atoms with Gasteiger partial charge in [0.05, 0.1) is 6.54 Å². The zero-order chi connectivity index (χ0) is 11.1. The van der Waals surface area contributed by atoms with Crippen LogP contribution in [0.3, 0.4) is 0 Å². The first-order valence-electron chi connectivity index (χ1n) is 4.84. The van der Waals surface area contributed by atoms with E-state index in [0.717, 1.165) is 13.0 Å². The number of aromatic nitrogens is 1. The van der Waals surface area contributed by atoms with Crippen molar-refractivity contribution >= 4 is 23.2 Å². The van der Waals surface area contributed by atoms with E-state index in [1.807, 2.05) is 6.92 Å². The lowest BCUT2D eigenvalue weighted by Gasteiger charge is -2.05. The topological polar surface area (TPSA) is 54.0 Å². The predicted octanol–water partition coefficient (Wildman–Crippen LogP) is 1.67. The highest BCUT2D eigenvalue weighted by Crippen LogP contribution is 2.11. The third kappa shape index (κ3) is 4.76. The molecule has 15 heavy (non-hydrogen) atoms. The second-order valence-corrected chi connectivity index (χ2v) is 3.48. The van der Waals surface area contributed by atoms with Crippen molar-refractivity contribution in [3.63, 3.8) is 0 Å². The summed E-state index contributed by atoms with van der Waals surface area (Å²) in [5.41, 5.74) is 0.665. The number of pyridine rings is 1. The SMILES string of the molecule is CCCNCC(=O)Nc1ccnc(Cl)c1. The van der Waals surface area contributed by atoms with E-state index < -0.39 is 0 Å². The van der Waals surface area contributed by atoms with E-state index in [9.17, 15) is 4.79 Å². The van der Waals surface area contributed by atoms with E-state index in [1.54, 1.807) is 18.3 Å². The lowest BCUT2D eigenvalue weighted by Crippen LogP contribution is -2.28. The molecule has 0 aliphatic heterocycles. The van der Waals surface area contributed by atoms with Gasteiger partial charge in [0.15, 0.2) is 0 Å². The molecule has 1 rings (SSSR count). The highest BCUT2D eigenvalue weighted by Gasteiger charge is 2.01. The van der Waals surface area contributed by atoms with Gasteiger partial charge >= 0.3 is 0 Å². The standard InChI is InChI=1S/C10H14ClN3O/c1-2-4-12-7-10(15)14-8-3-5-13-9(11)6-8/h3,5-6,12H,2,4,7H2,1H3,(H,13,14,15). The monoisotopic (exact) mass is 227 g/mol. The first-order chi connectivity index (χ1) is 7.22. The molecule has 0 unspecified atom stereocenters. The molecule has 0 bridgehead atoms. The van der Waals surface area contributed by atoms with Gasteiger partial charge < -0.3 is 10.6 Å². The molecule has 1 heterocycles. The quantitative estimate of drug-likeness (QED) is 0.595. The number of carbonyl (C=O) groups excluding carboxylic acids is 1. The van der Waals surface area contributed by atoms with Gasteiger partial charge in [-0.1, -0.05) is 18.5 Å². The zero-order valence-corrected chi connectivity index (χ0v) is 9.34. The zero-order valence-electron chi connectivity index (χ0n) is 8.59. The highest BCUT2D eigenvalue weighted by atomic mass is 35.5. The molecule has 2 N–H and O–H groups in total. The number of hydrogen-bond acceptors (Lipinski definition) is 3. The molecule has 0 radical (unpaired) electrons. The number of nitrogens with one attached hydrogen (secondary N) is 2. The van der Waals surface area contributed by atoms with E-state index in [-0.39, 0.29) is 5.91 Å². The summed E-state index contributed by atoms with van der Waals surface area (Å²) in [7, 11) is 0. The summed E-state index contributed by atoms with van der Waals surface area (Å²) in [4.78, 5) is 15.2. The van der Waals surface area contributed by atoms with Crippen molar-refractivity contribution < 1.29 is 4.79 Å². The Labute approximate surface area is 94.0 Å². The van der Waals surface area contributed by atoms with E-state index in [4.69, 9.17) is 11.6 Å². The lowest BCUT2D eigenvalue weighted by atomic mass is 10.4. The maximum absolute atomic E-state index is 11.4. The minimum atomic E-state index is -0.0780. The third-order valence-electron chi connectivity index (χ3n) is 1.72. The number of anilines is 1. The summed E-state index contributed by atoms with van der Waals surface area (Å²) in [6, 6.07) is 3.31. The van der Waals surface area contributed by atoms with Crippen molar-refractivity contribution in [1.29, 1.82) is 0 Å². The number of hydrogen-bond donors (Lipinski definition) is 2. The molecular formula is C10H14ClN3O. The van der Waals surface area contributed by atoms with Crippen molar-refractivity contribution in [2.45, 2.75) is 13.3 Å². The Kier molecular flexibility index (Phi) is 5.07. The summed E-state index contributed by atoms with van der Waals surface area (Å²) < 4.78 is 0. The molecule has 5 heteroatoms. The highest BCUT2D eigenvalue weighted by molar-refractivity contribution is 6.29. The van der Waals surface area contributed by atoms with Gasteiger partial charge in [-0.2, -0.15) is 0 Å². The van der Waals surface area contributed by atoms with E-state index in [1.165, 1.54) is 0 Å². The number of halogens is 1. The third-order valence-corrected chi connectivity index (χ3v) is 1.93. The molecule has 0 aromatic carbocycles. The van der Waals surface area contributed by atoms with Crippen molar-refractivity contribution in [2.24, 2.45) is 0 Å². The van der Waals surface area contributed by atoms with Gasteiger partial charge in [0.2, 0.25) is 5.91 Å². The largest absolute Gasteiger partial charge is 0.325 e. The fourth-order valence-corrected chi connectivity index (χ4v) is 1.24. The van der Waals surface area contributed by atoms with Crippen LogP contribution in [0.15, 0.2) is 18.3 Å². The van der Waals surface area contributed by atoms with Crippen LogP contribution in [0.2, 0.25) is 5.15 Å². The van der Waals surface area contributed by atoms with Crippen LogP contribution < -0.4 is 10.6 Å². The van der Waals surface area contributed by atoms with Gasteiger partial charge in [-0.3, -0.25) is 4.79 Å². The fraction of sp³-hybridized carbons (Fsp3) is 0.400. The smallest absolute Gasteiger partial charge is 0.238 e. The summed E-state index contributed by atoms with van der Waals surface area (Å²) in [5, 5.41) is 6.09. The van der Waals surface area contributed by atoms with Crippen molar-refractivity contribution in [1.82, 2.24) is 10.3 Å². The van der Waals surface area contributed by atoms with Gasteiger partial charge in [0.25, 0.3) is 0 Å². The van der Waals surface area contributed by atoms with E-state index in [2.05, 4.69) is 15.6 Å². The van der Waals surface area contributed by atoms with Gasteiger partial charge in [-0.05, 0) is 25.1 Å². The molecule has 0 spiro atoms. The molecule has 1 aromatic heterocycles. The normalized spacial score (nSPS) is 10.0. The second kappa shape index (κ2) is 6.37. The van der Waals surface area contributed by atoms with Crippen LogP contribution in [0.1, 0.15) is 13.3 Å². The Bertz CT molecular complexity index is 330. The second-order valence-electron chi connectivity index (χ2n) is 3.09. The van der Waals surface area contributed by atoms with Crippen molar-refractivity contribution in [3.05, 3.63) is 23.5 Å². The van der Waals surface area contributed by atoms with Crippen LogP contribution in [0.5, 0.6) is 0 Å². The van der Waals surface area contributed by atoms with Crippen LogP contribution in [0.25, 0.3) is 0 Å². The summed E-state index contributed by atoms with van der Waals surface area (Å²) in [6.45, 7) is 3.20. The molecule has 1 aromatic rings. The molecule has 82 valence electrons. The maximum Gasteiger partial charge on any atom is 0.238 e. The van der Waals surface area contributed by atoms with Gasteiger partial charge in [-0.25, -0.2) is 4.98 Å². The molecule has 0 saturated carbocycles. The van der Waals surface area contributed by atoms with Crippen LogP contribution in [0, 0.1) is 0 Å². The minimum Gasteiger partial charge on any atom is -0.325 e. The average molecular weight is 228 g/mol. The average Bonchev–Trinajstić information content (AvgIpc) is 2.18. The number of nitrogens with zero attached hydrogens (tertiary/aromatic N) is 1. The number of rotatable bonds is 5. The molecule has 0 atom stereocenters. The molecule has 1 amide bonds. The fourth-order valence-electron chi connectivity index (χ4n) is 1.06. The summed E-state index contributed by atoms with van der Waals surface area (Å²) in [6.07, 6.45) is 2.56. The lowest BCUT2D eigenvalue weighted by molar-refractivity contribution is -0.115. The van der Waals surface area contributed by atoms with Crippen molar-refractivity contribution in [3.8, 4) is 0 Å². The van der Waals surface area contributed by atoms with Gasteiger partial charge in [0.1, 0.15) is 5.15 Å². The van der Waals surface area contributed by atoms with Gasteiger partial charge in [-0.15, -0.1) is 0 Å². The minimum absolute atomic E-state index is 0.0780. The molecule has 0 aliphatic rings. The van der Waals surface area contributed by atoms with Crippen LogP contribution >= 0.6 is 11.6 Å². The Balaban J connectivity index is 2.37. The summed E-state index contributed by atoms with van der Waals surface area (Å²) in [5.74, 6) is -0.0780. The maximum atomic E-state index is 11.4. The van der Waals surface area contributed by atoms with Crippen molar-refractivity contribution in [2.75, 3.05) is 18.4 Å². The van der Waals surface area contributed by atoms with Crippen LogP contribution in [0.4, 0.5) is 5.69 Å². The predicted molar refractivity (Wildman–Crippen MR) is 61.0 cm³/mol. The molecular weight excluding hydrogens is 214 g/mol. The Morgan fingerprint density at radius 2 is 2.40 bits per heavy atom. The van der Waals surface area contributed by atoms with Crippen LogP contribution in [-0.4, -0.2) is 24.0 Å². The molecule has 0 aliphatic carbocycles. The molecule has 0 fully saturated rings. The first kappa shape index (κ1) is 11.9. The number of carbonyl (C=O) groups is 1. The van der Waals surface area contributed by atoms with E-state index in [0.29, 0.717) is 17.4 Å². The Hall–Kier alpha value is -1.13. The Morgan fingerprint density at radius 3 is 3.07 bits per heavy atom. The summed E-state index contributed by atoms with van der Waals surface area (Å²) >= 11 is 5.68. The van der Waals surface area contributed by atoms with Gasteiger partial charge in [0, 0.05) is 11.9 Å². The van der Waals surface area contributed by atoms with E-state index >= 15 is 0 Å². The van der Waals surface area contributed by atoms with Crippen LogP contribution in [-0.2, 0) is 4.79 Å².